The number of aromatic hydroxyl groups is 3. The van der Waals surface area contributed by atoms with Gasteiger partial charge >= 0.3 is 0 Å². The van der Waals surface area contributed by atoms with Gasteiger partial charge < -0.3 is 21.1 Å². The number of rotatable bonds is 1. The van der Waals surface area contributed by atoms with Crippen LogP contribution in [0.4, 0.5) is 0 Å². The van der Waals surface area contributed by atoms with Crippen LogP contribution in [0.2, 0.25) is 0 Å². The molecule has 4 heteroatoms. The molecule has 0 spiro atoms. The van der Waals surface area contributed by atoms with Gasteiger partial charge in [0.15, 0.2) is 11.5 Å². The molecule has 2 rings (SSSR count). The van der Waals surface area contributed by atoms with Crippen molar-refractivity contribution in [2.45, 2.75) is 18.4 Å². The van der Waals surface area contributed by atoms with Crippen molar-refractivity contribution in [2.75, 3.05) is 0 Å². The fourth-order valence-electron chi connectivity index (χ4n) is 1.46. The summed E-state index contributed by atoms with van der Waals surface area (Å²) in [5.41, 5.74) is 6.21. The van der Waals surface area contributed by atoms with Crippen molar-refractivity contribution in [3.63, 3.8) is 0 Å². The molecule has 1 aliphatic carbocycles. The van der Waals surface area contributed by atoms with Gasteiger partial charge in [0.05, 0.1) is 0 Å². The van der Waals surface area contributed by atoms with Gasteiger partial charge in [-0.25, -0.2) is 0 Å². The highest BCUT2D eigenvalue weighted by atomic mass is 16.3. The van der Waals surface area contributed by atoms with Crippen molar-refractivity contribution in [1.82, 2.24) is 0 Å². The molecule has 1 aromatic rings. The molecule has 0 radical (unpaired) electrons. The Balaban J connectivity index is 2.43. The summed E-state index contributed by atoms with van der Waals surface area (Å²) in [7, 11) is 0. The molecule has 70 valence electrons. The predicted molar refractivity (Wildman–Crippen MR) is 46.8 cm³/mol. The van der Waals surface area contributed by atoms with E-state index < -0.39 is 5.75 Å². The van der Waals surface area contributed by atoms with Gasteiger partial charge in [0.1, 0.15) is 0 Å². The molecule has 2 atom stereocenters. The van der Waals surface area contributed by atoms with Crippen LogP contribution in [-0.2, 0) is 0 Å². The number of benzene rings is 1. The van der Waals surface area contributed by atoms with Crippen LogP contribution < -0.4 is 5.73 Å². The largest absolute Gasteiger partial charge is 0.504 e. The number of hydrogen-bond donors (Lipinski definition) is 4. The Kier molecular flexibility index (Phi) is 1.60. The molecule has 1 aromatic carbocycles. The van der Waals surface area contributed by atoms with Gasteiger partial charge in [-0.1, -0.05) is 6.07 Å². The normalized spacial score (nSPS) is 25.9. The van der Waals surface area contributed by atoms with Crippen molar-refractivity contribution in [3.8, 4) is 17.2 Å². The second-order valence-electron chi connectivity index (χ2n) is 3.38. The molecule has 0 heterocycles. The Morgan fingerprint density at radius 3 is 2.31 bits per heavy atom. The van der Waals surface area contributed by atoms with Gasteiger partial charge in [0.25, 0.3) is 0 Å². The average molecular weight is 181 g/mol. The third kappa shape index (κ3) is 1.19. The van der Waals surface area contributed by atoms with Crippen molar-refractivity contribution >= 4 is 0 Å². The Labute approximate surface area is 75.2 Å². The first-order chi connectivity index (χ1) is 6.11. The minimum absolute atomic E-state index is 0.0647. The molecule has 0 aromatic heterocycles. The second kappa shape index (κ2) is 2.53. The van der Waals surface area contributed by atoms with Crippen LogP contribution in [0, 0.1) is 0 Å². The molecule has 0 amide bonds. The van der Waals surface area contributed by atoms with Crippen molar-refractivity contribution in [3.05, 3.63) is 17.7 Å². The topological polar surface area (TPSA) is 86.7 Å². The molecule has 0 saturated heterocycles. The lowest BCUT2D eigenvalue weighted by Gasteiger charge is -2.05. The Morgan fingerprint density at radius 2 is 1.77 bits per heavy atom. The zero-order valence-corrected chi connectivity index (χ0v) is 6.94. The molecule has 4 nitrogen and oxygen atoms in total. The fourth-order valence-corrected chi connectivity index (χ4v) is 1.46. The van der Waals surface area contributed by atoms with Gasteiger partial charge in [0.2, 0.25) is 5.75 Å². The van der Waals surface area contributed by atoms with Crippen molar-refractivity contribution < 1.29 is 15.3 Å². The molecule has 1 fully saturated rings. The van der Waals surface area contributed by atoms with Crippen molar-refractivity contribution in [2.24, 2.45) is 5.73 Å². The van der Waals surface area contributed by atoms with Gasteiger partial charge in [0, 0.05) is 17.5 Å². The second-order valence-corrected chi connectivity index (χ2v) is 3.38. The van der Waals surface area contributed by atoms with Crippen LogP contribution in [0.5, 0.6) is 17.2 Å². The molecule has 13 heavy (non-hydrogen) atoms. The lowest BCUT2D eigenvalue weighted by molar-refractivity contribution is 0.365. The first-order valence-electron chi connectivity index (χ1n) is 4.10. The summed E-state index contributed by atoms with van der Waals surface area (Å²) in [6.07, 6.45) is 0.817. The standard InChI is InChI=1S/C9H11NO3/c10-6-3-5(6)4-1-2-7(11)9(13)8(4)12/h1-2,5-6,11-13H,3,10H2/t5-,6+/m0/s1. The van der Waals surface area contributed by atoms with E-state index in [2.05, 4.69) is 0 Å². The van der Waals surface area contributed by atoms with E-state index >= 15 is 0 Å². The predicted octanol–water partition coefficient (Wildman–Crippen LogP) is 0.618. The van der Waals surface area contributed by atoms with E-state index in [1.54, 1.807) is 6.07 Å². The molecular weight excluding hydrogens is 170 g/mol. The summed E-state index contributed by atoms with van der Waals surface area (Å²) in [5.74, 6) is -0.906. The summed E-state index contributed by atoms with van der Waals surface area (Å²) in [6, 6.07) is 3.01. The van der Waals surface area contributed by atoms with E-state index in [-0.39, 0.29) is 23.5 Å². The van der Waals surface area contributed by atoms with Crippen LogP contribution in [0.25, 0.3) is 0 Å². The molecular formula is C9H11NO3. The smallest absolute Gasteiger partial charge is 0.200 e. The van der Waals surface area contributed by atoms with Crippen LogP contribution >= 0.6 is 0 Å². The molecule has 0 unspecified atom stereocenters. The quantitative estimate of drug-likeness (QED) is 0.478. The van der Waals surface area contributed by atoms with Crippen LogP contribution in [0.1, 0.15) is 17.9 Å². The Bertz CT molecular complexity index is 351. The summed E-state index contributed by atoms with van der Waals surface area (Å²) in [4.78, 5) is 0. The number of phenolic OH excluding ortho intramolecular Hbond substituents is 3. The molecule has 1 aliphatic rings. The monoisotopic (exact) mass is 181 g/mol. The lowest BCUT2D eigenvalue weighted by atomic mass is 10.1. The van der Waals surface area contributed by atoms with E-state index in [1.807, 2.05) is 0 Å². The third-order valence-corrected chi connectivity index (χ3v) is 2.40. The van der Waals surface area contributed by atoms with E-state index in [4.69, 9.17) is 10.8 Å². The summed E-state index contributed by atoms with van der Waals surface area (Å²) < 4.78 is 0. The highest BCUT2D eigenvalue weighted by Crippen LogP contribution is 2.48. The fraction of sp³-hybridized carbons (Fsp3) is 0.333. The minimum atomic E-state index is -0.461. The van der Waals surface area contributed by atoms with Crippen LogP contribution in [0.3, 0.4) is 0 Å². The maximum Gasteiger partial charge on any atom is 0.200 e. The maximum absolute atomic E-state index is 9.44. The molecule has 0 aliphatic heterocycles. The number of phenols is 3. The average Bonchev–Trinajstić information content (AvgIpc) is 2.79. The zero-order chi connectivity index (χ0) is 9.59. The third-order valence-electron chi connectivity index (χ3n) is 2.40. The first kappa shape index (κ1) is 8.19. The highest BCUT2D eigenvalue weighted by Gasteiger charge is 2.37. The summed E-state index contributed by atoms with van der Waals surface area (Å²) in [6.45, 7) is 0. The number of hydrogen-bond acceptors (Lipinski definition) is 4. The maximum atomic E-state index is 9.44. The first-order valence-corrected chi connectivity index (χ1v) is 4.10. The highest BCUT2D eigenvalue weighted by molar-refractivity contribution is 5.55. The Morgan fingerprint density at radius 1 is 1.15 bits per heavy atom. The number of nitrogens with two attached hydrogens (primary N) is 1. The molecule has 5 N–H and O–H groups in total. The van der Waals surface area contributed by atoms with E-state index in [0.29, 0.717) is 5.56 Å². The van der Waals surface area contributed by atoms with E-state index in [0.717, 1.165) is 6.42 Å². The molecule has 0 bridgehead atoms. The van der Waals surface area contributed by atoms with Gasteiger partial charge in [-0.05, 0) is 12.5 Å². The Hall–Kier alpha value is -1.42. The minimum Gasteiger partial charge on any atom is -0.504 e. The lowest BCUT2D eigenvalue weighted by Crippen LogP contribution is -2.01. The van der Waals surface area contributed by atoms with Crippen LogP contribution in [0.15, 0.2) is 12.1 Å². The summed E-state index contributed by atoms with van der Waals surface area (Å²) >= 11 is 0. The molecule has 1 saturated carbocycles. The van der Waals surface area contributed by atoms with E-state index in [1.165, 1.54) is 6.07 Å². The van der Waals surface area contributed by atoms with Gasteiger partial charge in [-0.15, -0.1) is 0 Å². The van der Waals surface area contributed by atoms with E-state index in [9.17, 15) is 10.2 Å². The van der Waals surface area contributed by atoms with Gasteiger partial charge in [-0.3, -0.25) is 0 Å². The zero-order valence-electron chi connectivity index (χ0n) is 6.94. The SMILES string of the molecule is N[C@@H]1C[C@H]1c1ccc(O)c(O)c1O. The van der Waals surface area contributed by atoms with Crippen LogP contribution in [-0.4, -0.2) is 21.4 Å². The van der Waals surface area contributed by atoms with Gasteiger partial charge in [-0.2, -0.15) is 0 Å². The summed E-state index contributed by atoms with van der Waals surface area (Å²) in [5, 5.41) is 27.7. The van der Waals surface area contributed by atoms with Crippen molar-refractivity contribution in [1.29, 1.82) is 0 Å².